The number of hydrogen-bond donors (Lipinski definition) is 5. The van der Waals surface area contributed by atoms with Crippen LogP contribution in [0.5, 0.6) is 0 Å². The van der Waals surface area contributed by atoms with E-state index in [-0.39, 0.29) is 0 Å². The second-order valence-electron chi connectivity index (χ2n) is 3.31. The standard InChI is InChI=1S/C7H11ClO8/c8-16-7(6(13)14)5(12)4(11)3(10)2(1-9)15-7/h2-5,9-12H,1H2,(H,13,14). The molecule has 1 heterocycles. The molecular formula is C7H11ClO8. The fraction of sp³-hybridized carbons (Fsp3) is 0.857. The van der Waals surface area contributed by atoms with Crippen molar-refractivity contribution in [3.05, 3.63) is 0 Å². The Morgan fingerprint density at radius 1 is 1.38 bits per heavy atom. The Morgan fingerprint density at radius 2 is 1.94 bits per heavy atom. The molecule has 5 atom stereocenters. The summed E-state index contributed by atoms with van der Waals surface area (Å²) in [7, 11) is 0. The lowest BCUT2D eigenvalue weighted by atomic mass is 9.93. The van der Waals surface area contributed by atoms with Gasteiger partial charge in [-0.05, 0) is 0 Å². The number of halogens is 1. The van der Waals surface area contributed by atoms with Gasteiger partial charge < -0.3 is 30.3 Å². The molecule has 16 heavy (non-hydrogen) atoms. The highest BCUT2D eigenvalue weighted by Gasteiger charge is 2.60. The molecule has 1 rings (SSSR count). The predicted molar refractivity (Wildman–Crippen MR) is 47.3 cm³/mol. The third-order valence-corrected chi connectivity index (χ3v) is 2.59. The molecule has 0 aliphatic carbocycles. The van der Waals surface area contributed by atoms with Crippen LogP contribution in [0.4, 0.5) is 0 Å². The van der Waals surface area contributed by atoms with Crippen molar-refractivity contribution in [1.82, 2.24) is 0 Å². The number of hydrogen-bond acceptors (Lipinski definition) is 7. The first-order valence-electron chi connectivity index (χ1n) is 4.26. The van der Waals surface area contributed by atoms with E-state index in [9.17, 15) is 20.1 Å². The molecule has 0 radical (unpaired) electrons. The average Bonchev–Trinajstić information content (AvgIpc) is 2.27. The summed E-state index contributed by atoms with van der Waals surface area (Å²) in [5.41, 5.74) is 0. The third kappa shape index (κ3) is 1.89. The Kier molecular flexibility index (Phi) is 4.07. The van der Waals surface area contributed by atoms with E-state index < -0.39 is 42.8 Å². The van der Waals surface area contributed by atoms with Gasteiger partial charge in [-0.3, -0.25) is 0 Å². The minimum atomic E-state index is -2.73. The van der Waals surface area contributed by atoms with E-state index in [1.54, 1.807) is 0 Å². The SMILES string of the molecule is O=C(O)C1(OCl)OC(CO)C(O)C(O)C1O. The normalized spacial score (nSPS) is 44.3. The zero-order valence-electron chi connectivity index (χ0n) is 7.86. The molecular weight excluding hydrogens is 248 g/mol. The van der Waals surface area contributed by atoms with E-state index in [1.807, 2.05) is 0 Å². The second-order valence-corrected chi connectivity index (χ2v) is 3.47. The lowest BCUT2D eigenvalue weighted by Gasteiger charge is -2.43. The summed E-state index contributed by atoms with van der Waals surface area (Å²) in [6.45, 7) is -0.778. The number of carboxylic acid groups (broad SMARTS) is 1. The Labute approximate surface area is 94.8 Å². The zero-order valence-corrected chi connectivity index (χ0v) is 8.61. The van der Waals surface area contributed by atoms with Crippen LogP contribution in [0.15, 0.2) is 0 Å². The molecule has 1 aliphatic rings. The highest BCUT2D eigenvalue weighted by Crippen LogP contribution is 2.32. The largest absolute Gasteiger partial charge is 0.477 e. The lowest BCUT2D eigenvalue weighted by molar-refractivity contribution is -0.327. The van der Waals surface area contributed by atoms with Crippen LogP contribution >= 0.6 is 11.9 Å². The van der Waals surface area contributed by atoms with E-state index in [2.05, 4.69) is 9.03 Å². The molecule has 8 nitrogen and oxygen atoms in total. The average molecular weight is 259 g/mol. The highest BCUT2D eigenvalue weighted by molar-refractivity contribution is 6.08. The number of carbonyl (C=O) groups is 1. The number of aliphatic hydroxyl groups is 4. The first-order valence-corrected chi connectivity index (χ1v) is 4.57. The van der Waals surface area contributed by atoms with E-state index in [0.29, 0.717) is 0 Å². The number of carboxylic acids is 1. The fourth-order valence-electron chi connectivity index (χ4n) is 1.41. The molecule has 1 fully saturated rings. The fourth-order valence-corrected chi connectivity index (χ4v) is 1.61. The minimum absolute atomic E-state index is 0.778. The summed E-state index contributed by atoms with van der Waals surface area (Å²) >= 11 is 4.92. The Bertz CT molecular complexity index is 271. The summed E-state index contributed by atoms with van der Waals surface area (Å²) in [6, 6.07) is 0. The van der Waals surface area contributed by atoms with E-state index >= 15 is 0 Å². The van der Waals surface area contributed by atoms with Gasteiger partial charge in [-0.2, -0.15) is 0 Å². The van der Waals surface area contributed by atoms with Crippen molar-refractivity contribution < 1.29 is 39.4 Å². The van der Waals surface area contributed by atoms with E-state index in [0.717, 1.165) is 0 Å². The van der Waals surface area contributed by atoms with Gasteiger partial charge in [0.05, 0.1) is 18.5 Å². The smallest absolute Gasteiger partial charge is 0.368 e. The van der Waals surface area contributed by atoms with E-state index in [1.165, 1.54) is 0 Å². The van der Waals surface area contributed by atoms with E-state index in [4.69, 9.17) is 22.1 Å². The first kappa shape index (κ1) is 13.6. The molecule has 0 amide bonds. The summed E-state index contributed by atoms with van der Waals surface area (Å²) in [5, 5.41) is 45.7. The van der Waals surface area contributed by atoms with Crippen molar-refractivity contribution in [1.29, 1.82) is 0 Å². The summed E-state index contributed by atoms with van der Waals surface area (Å²) in [4.78, 5) is 10.9. The Hall–Kier alpha value is -0.480. The van der Waals surface area contributed by atoms with Gasteiger partial charge in [0.1, 0.15) is 24.4 Å². The molecule has 0 bridgehead atoms. The number of rotatable bonds is 3. The molecule has 5 N–H and O–H groups in total. The molecule has 9 heteroatoms. The van der Waals surface area contributed by atoms with Gasteiger partial charge >= 0.3 is 11.8 Å². The van der Waals surface area contributed by atoms with Crippen LogP contribution in [-0.4, -0.2) is 68.3 Å². The van der Waals surface area contributed by atoms with Crippen molar-refractivity contribution >= 4 is 17.8 Å². The molecule has 0 aromatic carbocycles. The molecule has 94 valence electrons. The van der Waals surface area contributed by atoms with Crippen LogP contribution in [-0.2, 0) is 13.8 Å². The van der Waals surface area contributed by atoms with Crippen LogP contribution in [0, 0.1) is 0 Å². The highest BCUT2D eigenvalue weighted by atomic mass is 35.5. The van der Waals surface area contributed by atoms with Crippen LogP contribution < -0.4 is 0 Å². The number of aliphatic hydroxyl groups excluding tert-OH is 4. The molecule has 1 saturated heterocycles. The van der Waals surface area contributed by atoms with Crippen LogP contribution in [0.25, 0.3) is 0 Å². The molecule has 0 aromatic heterocycles. The maximum Gasteiger partial charge on any atom is 0.368 e. The van der Waals surface area contributed by atoms with Gasteiger partial charge in [0, 0.05) is 0 Å². The van der Waals surface area contributed by atoms with Gasteiger partial charge in [-0.15, -0.1) is 0 Å². The molecule has 0 saturated carbocycles. The van der Waals surface area contributed by atoms with Crippen LogP contribution in [0.2, 0.25) is 0 Å². The van der Waals surface area contributed by atoms with Gasteiger partial charge in [-0.1, -0.05) is 0 Å². The minimum Gasteiger partial charge on any atom is -0.477 e. The van der Waals surface area contributed by atoms with Crippen molar-refractivity contribution in [3.8, 4) is 0 Å². The Morgan fingerprint density at radius 3 is 2.31 bits per heavy atom. The van der Waals surface area contributed by atoms with Gasteiger partial charge in [-0.25, -0.2) is 9.08 Å². The predicted octanol–water partition coefficient (Wildman–Crippen LogP) is -2.59. The maximum absolute atomic E-state index is 10.9. The van der Waals surface area contributed by atoms with Crippen molar-refractivity contribution in [2.75, 3.05) is 6.61 Å². The first-order chi connectivity index (χ1) is 7.40. The van der Waals surface area contributed by atoms with Crippen molar-refractivity contribution in [3.63, 3.8) is 0 Å². The number of ether oxygens (including phenoxy) is 1. The quantitative estimate of drug-likeness (QED) is 0.372. The van der Waals surface area contributed by atoms with Crippen LogP contribution in [0.1, 0.15) is 0 Å². The maximum atomic E-state index is 10.9. The molecule has 5 unspecified atom stereocenters. The van der Waals surface area contributed by atoms with Crippen LogP contribution in [0.3, 0.4) is 0 Å². The monoisotopic (exact) mass is 258 g/mol. The third-order valence-electron chi connectivity index (χ3n) is 2.36. The summed E-state index contributed by atoms with van der Waals surface area (Å²) in [6.07, 6.45) is -7.06. The van der Waals surface area contributed by atoms with Gasteiger partial charge in [0.25, 0.3) is 0 Å². The Balaban J connectivity index is 3.06. The van der Waals surface area contributed by atoms with Crippen molar-refractivity contribution in [2.24, 2.45) is 0 Å². The second kappa shape index (κ2) is 4.80. The van der Waals surface area contributed by atoms with Gasteiger partial charge in [0.15, 0.2) is 0 Å². The molecule has 0 spiro atoms. The summed E-state index contributed by atoms with van der Waals surface area (Å²) in [5.74, 6) is -4.52. The molecule has 1 aliphatic heterocycles. The van der Waals surface area contributed by atoms with Gasteiger partial charge in [0.2, 0.25) is 0 Å². The molecule has 0 aromatic rings. The topological polar surface area (TPSA) is 137 Å². The van der Waals surface area contributed by atoms with Crippen molar-refractivity contribution in [2.45, 2.75) is 30.2 Å². The lowest BCUT2D eigenvalue weighted by Crippen LogP contribution is -2.68. The summed E-state index contributed by atoms with van der Waals surface area (Å²) < 4.78 is 8.69. The number of aliphatic carboxylic acids is 1. The zero-order chi connectivity index (χ0) is 12.5.